The summed E-state index contributed by atoms with van der Waals surface area (Å²) < 4.78 is 2.31. The van der Waals surface area contributed by atoms with Gasteiger partial charge in [-0.3, -0.25) is 9.69 Å². The molecule has 0 radical (unpaired) electrons. The van der Waals surface area contributed by atoms with E-state index in [0.29, 0.717) is 18.5 Å². The molecule has 2 saturated carbocycles. The normalized spacial score (nSPS) is 22.9. The van der Waals surface area contributed by atoms with Crippen molar-refractivity contribution in [3.05, 3.63) is 47.5 Å². The van der Waals surface area contributed by atoms with E-state index in [0.717, 1.165) is 37.6 Å². The highest BCUT2D eigenvalue weighted by atomic mass is 16.2. The van der Waals surface area contributed by atoms with Crippen molar-refractivity contribution in [2.45, 2.75) is 69.6 Å². The zero-order valence-corrected chi connectivity index (χ0v) is 15.7. The summed E-state index contributed by atoms with van der Waals surface area (Å²) in [5, 5.41) is 12.0. The molecular formula is C21H27N5O. The van der Waals surface area contributed by atoms with Crippen molar-refractivity contribution in [3.8, 4) is 0 Å². The van der Waals surface area contributed by atoms with Crippen LogP contribution in [0.15, 0.2) is 30.3 Å². The minimum Gasteiger partial charge on any atom is -0.347 e. The monoisotopic (exact) mass is 365 g/mol. The molecule has 1 N–H and O–H groups in total. The van der Waals surface area contributed by atoms with Gasteiger partial charge in [-0.05, 0) is 50.6 Å². The van der Waals surface area contributed by atoms with Crippen molar-refractivity contribution < 1.29 is 4.79 Å². The lowest BCUT2D eigenvalue weighted by atomic mass is 10.1. The van der Waals surface area contributed by atoms with Gasteiger partial charge < -0.3 is 9.88 Å². The molecule has 1 amide bonds. The maximum atomic E-state index is 12.9. The average molecular weight is 365 g/mol. The number of carbonyl (C=O) groups excluding carboxylic acids is 1. The fourth-order valence-electron chi connectivity index (χ4n) is 4.22. The second-order valence-corrected chi connectivity index (χ2v) is 8.18. The van der Waals surface area contributed by atoms with E-state index >= 15 is 0 Å². The van der Waals surface area contributed by atoms with Gasteiger partial charge in [0.2, 0.25) is 5.91 Å². The van der Waals surface area contributed by atoms with Crippen LogP contribution in [-0.4, -0.2) is 38.2 Å². The van der Waals surface area contributed by atoms with E-state index in [1.54, 1.807) is 0 Å². The summed E-state index contributed by atoms with van der Waals surface area (Å²) in [6.07, 6.45) is 6.90. The van der Waals surface area contributed by atoms with Crippen LogP contribution < -0.4 is 5.32 Å². The van der Waals surface area contributed by atoms with Gasteiger partial charge in [0.05, 0.1) is 12.6 Å². The molecule has 1 aromatic heterocycles. The third kappa shape index (κ3) is 3.63. The first-order valence-corrected chi connectivity index (χ1v) is 10.3. The minimum absolute atomic E-state index is 0.0367. The smallest absolute Gasteiger partial charge is 0.237 e. The molecule has 1 saturated heterocycles. The summed E-state index contributed by atoms with van der Waals surface area (Å²) in [6.45, 7) is 2.31. The third-order valence-electron chi connectivity index (χ3n) is 5.96. The fraction of sp³-hybridized carbons (Fsp3) is 0.571. The number of amides is 1. The SMILES string of the molecule is O=C(NCc1nnc(C2CC2)n1C1CC1)C1CCCN1Cc1ccccc1. The molecule has 0 spiro atoms. The molecule has 5 rings (SSSR count). The van der Waals surface area contributed by atoms with E-state index in [4.69, 9.17) is 0 Å². The largest absolute Gasteiger partial charge is 0.347 e. The first kappa shape index (κ1) is 16.9. The van der Waals surface area contributed by atoms with Crippen LogP contribution in [-0.2, 0) is 17.9 Å². The Kier molecular flexibility index (Phi) is 4.44. The maximum Gasteiger partial charge on any atom is 0.237 e. The summed E-state index contributed by atoms with van der Waals surface area (Å²) in [4.78, 5) is 15.2. The van der Waals surface area contributed by atoms with Gasteiger partial charge in [-0.1, -0.05) is 30.3 Å². The Labute approximate surface area is 160 Å². The van der Waals surface area contributed by atoms with Gasteiger partial charge in [0, 0.05) is 18.5 Å². The Morgan fingerprint density at radius 2 is 1.89 bits per heavy atom. The van der Waals surface area contributed by atoms with Crippen molar-refractivity contribution in [2.75, 3.05) is 6.54 Å². The highest BCUT2D eigenvalue weighted by Gasteiger charge is 2.36. The molecule has 1 unspecified atom stereocenters. The van der Waals surface area contributed by atoms with Gasteiger partial charge >= 0.3 is 0 Å². The molecule has 142 valence electrons. The molecule has 2 aliphatic carbocycles. The van der Waals surface area contributed by atoms with Gasteiger partial charge in [-0.2, -0.15) is 0 Å². The van der Waals surface area contributed by atoms with Crippen LogP contribution >= 0.6 is 0 Å². The van der Waals surface area contributed by atoms with Gasteiger partial charge in [0.1, 0.15) is 5.82 Å². The molecule has 1 aromatic carbocycles. The molecule has 3 fully saturated rings. The third-order valence-corrected chi connectivity index (χ3v) is 5.96. The van der Waals surface area contributed by atoms with Gasteiger partial charge in [0.15, 0.2) is 5.82 Å². The van der Waals surface area contributed by atoms with Crippen molar-refractivity contribution in [2.24, 2.45) is 0 Å². The zero-order chi connectivity index (χ0) is 18.2. The average Bonchev–Trinajstić information content (AvgIpc) is 3.62. The fourth-order valence-corrected chi connectivity index (χ4v) is 4.22. The van der Waals surface area contributed by atoms with Gasteiger partial charge in [0.25, 0.3) is 0 Å². The van der Waals surface area contributed by atoms with Crippen molar-refractivity contribution in [1.82, 2.24) is 25.0 Å². The summed E-state index contributed by atoms with van der Waals surface area (Å²) in [5.41, 5.74) is 1.26. The minimum atomic E-state index is -0.0367. The van der Waals surface area contributed by atoms with E-state index in [9.17, 15) is 4.79 Å². The number of likely N-dealkylation sites (tertiary alicyclic amines) is 1. The standard InChI is InChI=1S/C21H27N5O/c27-21(18-7-4-12-25(18)14-15-5-2-1-3-6-15)22-13-19-23-24-20(16-8-9-16)26(19)17-10-11-17/h1-3,5-6,16-18H,4,7-14H2,(H,22,27). The lowest BCUT2D eigenvalue weighted by Crippen LogP contribution is -2.42. The van der Waals surface area contributed by atoms with Crippen LogP contribution in [0.2, 0.25) is 0 Å². The molecule has 1 atom stereocenters. The number of aromatic nitrogens is 3. The predicted molar refractivity (Wildman–Crippen MR) is 102 cm³/mol. The summed E-state index contributed by atoms with van der Waals surface area (Å²) >= 11 is 0. The molecule has 27 heavy (non-hydrogen) atoms. The second-order valence-electron chi connectivity index (χ2n) is 8.18. The highest BCUT2D eigenvalue weighted by molar-refractivity contribution is 5.81. The molecule has 2 aromatic rings. The molecule has 3 aliphatic rings. The lowest BCUT2D eigenvalue weighted by molar-refractivity contribution is -0.125. The van der Waals surface area contributed by atoms with Crippen molar-refractivity contribution in [1.29, 1.82) is 0 Å². The molecular weight excluding hydrogens is 338 g/mol. The van der Waals surface area contributed by atoms with E-state index in [1.165, 1.54) is 31.2 Å². The predicted octanol–water partition coefficient (Wildman–Crippen LogP) is 2.77. The van der Waals surface area contributed by atoms with Gasteiger partial charge in [-0.25, -0.2) is 0 Å². The number of carbonyl (C=O) groups is 1. The van der Waals surface area contributed by atoms with Crippen LogP contribution in [0.1, 0.15) is 67.7 Å². The Bertz CT molecular complexity index is 809. The number of rotatable bonds is 7. The summed E-state index contributed by atoms with van der Waals surface area (Å²) in [5.74, 6) is 2.80. The molecule has 0 bridgehead atoms. The van der Waals surface area contributed by atoms with E-state index in [2.05, 4.69) is 49.2 Å². The van der Waals surface area contributed by atoms with Crippen molar-refractivity contribution >= 4 is 5.91 Å². The summed E-state index contributed by atoms with van der Waals surface area (Å²) in [6, 6.07) is 10.9. The van der Waals surface area contributed by atoms with Crippen LogP contribution in [0.4, 0.5) is 0 Å². The molecule has 6 nitrogen and oxygen atoms in total. The number of nitrogens with zero attached hydrogens (tertiary/aromatic N) is 4. The first-order chi connectivity index (χ1) is 13.3. The number of benzene rings is 1. The van der Waals surface area contributed by atoms with Crippen LogP contribution in [0.5, 0.6) is 0 Å². The van der Waals surface area contributed by atoms with E-state index in [1.807, 2.05) is 6.07 Å². The molecule has 6 heteroatoms. The Morgan fingerprint density at radius 1 is 1.07 bits per heavy atom. The second kappa shape index (κ2) is 7.08. The molecule has 2 heterocycles. The number of nitrogens with one attached hydrogen (secondary N) is 1. The topological polar surface area (TPSA) is 63.1 Å². The Morgan fingerprint density at radius 3 is 2.63 bits per heavy atom. The number of hydrogen-bond donors (Lipinski definition) is 1. The lowest BCUT2D eigenvalue weighted by Gasteiger charge is -2.23. The summed E-state index contributed by atoms with van der Waals surface area (Å²) in [7, 11) is 0. The maximum absolute atomic E-state index is 12.9. The van der Waals surface area contributed by atoms with E-state index < -0.39 is 0 Å². The van der Waals surface area contributed by atoms with Crippen molar-refractivity contribution in [3.63, 3.8) is 0 Å². The highest BCUT2D eigenvalue weighted by Crippen LogP contribution is 2.44. The van der Waals surface area contributed by atoms with Crippen LogP contribution in [0.25, 0.3) is 0 Å². The molecule has 1 aliphatic heterocycles. The first-order valence-electron chi connectivity index (χ1n) is 10.3. The number of hydrogen-bond acceptors (Lipinski definition) is 4. The van der Waals surface area contributed by atoms with E-state index in [-0.39, 0.29) is 11.9 Å². The Hall–Kier alpha value is -2.21. The zero-order valence-electron chi connectivity index (χ0n) is 15.7. The quantitative estimate of drug-likeness (QED) is 0.819. The van der Waals surface area contributed by atoms with Gasteiger partial charge in [-0.15, -0.1) is 10.2 Å². The Balaban J connectivity index is 1.23. The van der Waals surface area contributed by atoms with Crippen LogP contribution in [0, 0.1) is 0 Å². The van der Waals surface area contributed by atoms with Crippen LogP contribution in [0.3, 0.4) is 0 Å².